The van der Waals surface area contributed by atoms with E-state index in [9.17, 15) is 10.1 Å². The molecule has 3 heterocycles. The lowest BCUT2D eigenvalue weighted by molar-refractivity contribution is -0.113. The summed E-state index contributed by atoms with van der Waals surface area (Å²) >= 11 is 2.79. The second-order valence-electron chi connectivity index (χ2n) is 8.38. The van der Waals surface area contributed by atoms with Crippen LogP contribution < -0.4 is 5.32 Å². The first-order valence-electron chi connectivity index (χ1n) is 10.3. The highest BCUT2D eigenvalue weighted by Crippen LogP contribution is 2.45. The summed E-state index contributed by atoms with van der Waals surface area (Å²) in [7, 11) is 0. The Balaban J connectivity index is 1.40. The van der Waals surface area contributed by atoms with Crippen LogP contribution in [0.4, 0.5) is 5.00 Å². The van der Waals surface area contributed by atoms with Crippen molar-refractivity contribution in [3.63, 3.8) is 0 Å². The molecule has 0 bridgehead atoms. The Hall–Kier alpha value is -2.57. The molecule has 0 unspecified atom stereocenters. The summed E-state index contributed by atoms with van der Waals surface area (Å²) in [6.07, 6.45) is 5.67. The van der Waals surface area contributed by atoms with Crippen LogP contribution in [0, 0.1) is 22.7 Å². The fourth-order valence-electron chi connectivity index (χ4n) is 3.88. The van der Waals surface area contributed by atoms with Crippen LogP contribution in [0.2, 0.25) is 0 Å². The van der Waals surface area contributed by atoms with Gasteiger partial charge in [-0.2, -0.15) is 10.2 Å². The van der Waals surface area contributed by atoms with Gasteiger partial charge in [0.15, 0.2) is 11.6 Å². The Kier molecular flexibility index (Phi) is 6.21. The lowest BCUT2D eigenvalue weighted by Crippen LogP contribution is -2.28. The zero-order valence-electron chi connectivity index (χ0n) is 17.8. The summed E-state index contributed by atoms with van der Waals surface area (Å²) in [5.74, 6) is 1.71. The summed E-state index contributed by atoms with van der Waals surface area (Å²) in [6, 6.07) is 5.88. The molecule has 1 aliphatic rings. The van der Waals surface area contributed by atoms with Crippen molar-refractivity contribution < 1.29 is 9.21 Å². The Morgan fingerprint density at radius 2 is 2.35 bits per heavy atom. The molecule has 0 aromatic carbocycles. The van der Waals surface area contributed by atoms with Gasteiger partial charge in [0.1, 0.15) is 11.1 Å². The van der Waals surface area contributed by atoms with Crippen molar-refractivity contribution in [2.45, 2.75) is 51.6 Å². The van der Waals surface area contributed by atoms with Gasteiger partial charge in [0, 0.05) is 4.88 Å². The molecule has 4 rings (SSSR count). The first kappa shape index (κ1) is 21.7. The number of nitrogens with zero attached hydrogens (tertiary/aromatic N) is 3. The molecule has 1 amide bonds. The zero-order chi connectivity index (χ0) is 22.0. The number of carbonyl (C=O) groups is 1. The molecule has 31 heavy (non-hydrogen) atoms. The monoisotopic (exact) mass is 455 g/mol. The van der Waals surface area contributed by atoms with Crippen LogP contribution in [0.5, 0.6) is 0 Å². The van der Waals surface area contributed by atoms with Crippen molar-refractivity contribution in [1.29, 1.82) is 5.26 Å². The molecule has 7 nitrogen and oxygen atoms in total. The van der Waals surface area contributed by atoms with Crippen molar-refractivity contribution in [2.24, 2.45) is 11.3 Å². The number of amides is 1. The lowest BCUT2D eigenvalue weighted by atomic mass is 9.69. The predicted molar refractivity (Wildman–Crippen MR) is 122 cm³/mol. The average molecular weight is 456 g/mol. The molecule has 3 aromatic heterocycles. The van der Waals surface area contributed by atoms with E-state index in [-0.39, 0.29) is 17.1 Å². The Bertz CT molecular complexity index is 1110. The molecule has 0 fully saturated rings. The van der Waals surface area contributed by atoms with Crippen molar-refractivity contribution in [3.8, 4) is 17.7 Å². The number of aromatic nitrogens is 3. The SMILES string of the molecule is CCC(C)(C)[C@H]1CCc2c(sc(NC(=O)CSc3n[nH]c(-c4ccco4)n3)c2C#N)C1. The minimum atomic E-state index is -0.171. The smallest absolute Gasteiger partial charge is 0.235 e. The van der Waals surface area contributed by atoms with Crippen molar-refractivity contribution in [1.82, 2.24) is 15.2 Å². The minimum absolute atomic E-state index is 0.161. The van der Waals surface area contributed by atoms with Crippen LogP contribution in [0.25, 0.3) is 11.6 Å². The number of thioether (sulfide) groups is 1. The van der Waals surface area contributed by atoms with Crippen LogP contribution >= 0.6 is 23.1 Å². The number of carbonyl (C=O) groups excluding carboxylic acids is 1. The van der Waals surface area contributed by atoms with E-state index in [0.29, 0.717) is 33.2 Å². The number of nitrogens with one attached hydrogen (secondary N) is 2. The third kappa shape index (κ3) is 4.55. The van der Waals surface area contributed by atoms with Gasteiger partial charge in [-0.1, -0.05) is 39.0 Å². The van der Waals surface area contributed by atoms with Gasteiger partial charge >= 0.3 is 0 Å². The van der Waals surface area contributed by atoms with Crippen LogP contribution in [0.3, 0.4) is 0 Å². The van der Waals surface area contributed by atoms with E-state index >= 15 is 0 Å². The van der Waals surface area contributed by atoms with Crippen LogP contribution in [-0.2, 0) is 17.6 Å². The third-order valence-electron chi connectivity index (χ3n) is 6.20. The summed E-state index contributed by atoms with van der Waals surface area (Å²) in [4.78, 5) is 18.1. The fourth-order valence-corrected chi connectivity index (χ4v) is 5.77. The topological polar surface area (TPSA) is 108 Å². The second-order valence-corrected chi connectivity index (χ2v) is 10.4. The number of thiophene rings is 1. The predicted octanol–water partition coefficient (Wildman–Crippen LogP) is 5.27. The number of nitriles is 1. The molecule has 162 valence electrons. The molecular weight excluding hydrogens is 430 g/mol. The normalized spacial score (nSPS) is 16.0. The second kappa shape index (κ2) is 8.89. The molecule has 3 aromatic rings. The van der Waals surface area contributed by atoms with Gasteiger partial charge in [-0.25, -0.2) is 0 Å². The standard InChI is InChI=1S/C22H25N5O2S2/c1-4-22(2,3)13-7-8-14-15(11-23)20(31-17(14)10-13)24-18(28)12-30-21-25-19(26-27-21)16-6-5-9-29-16/h5-6,9,13H,4,7-8,10,12H2,1-3H3,(H,24,28)(H,25,26,27)/t13-/m0/s1. The highest BCUT2D eigenvalue weighted by atomic mass is 32.2. The quantitative estimate of drug-likeness (QED) is 0.470. The Morgan fingerprint density at radius 1 is 1.52 bits per heavy atom. The van der Waals surface area contributed by atoms with E-state index < -0.39 is 0 Å². The van der Waals surface area contributed by atoms with E-state index in [2.05, 4.69) is 47.3 Å². The maximum atomic E-state index is 12.6. The first-order valence-corrected chi connectivity index (χ1v) is 12.1. The van der Waals surface area contributed by atoms with Crippen molar-refractivity contribution in [2.75, 3.05) is 11.1 Å². The van der Waals surface area contributed by atoms with Gasteiger partial charge < -0.3 is 9.73 Å². The zero-order valence-corrected chi connectivity index (χ0v) is 19.5. The summed E-state index contributed by atoms with van der Waals surface area (Å²) < 4.78 is 5.29. The molecular formula is C22H25N5O2S2. The number of hydrogen-bond acceptors (Lipinski definition) is 7. The number of furan rings is 1. The molecule has 0 aliphatic heterocycles. The molecule has 0 saturated heterocycles. The number of hydrogen-bond donors (Lipinski definition) is 2. The molecule has 9 heteroatoms. The van der Waals surface area contributed by atoms with Crippen LogP contribution in [0.15, 0.2) is 28.0 Å². The number of aromatic amines is 1. The number of fused-ring (bicyclic) bond motifs is 1. The van der Waals surface area contributed by atoms with Crippen LogP contribution in [0.1, 0.15) is 49.6 Å². The highest BCUT2D eigenvalue weighted by molar-refractivity contribution is 7.99. The molecule has 0 saturated carbocycles. The molecule has 0 spiro atoms. The van der Waals surface area contributed by atoms with Gasteiger partial charge in [0.25, 0.3) is 0 Å². The third-order valence-corrected chi connectivity index (χ3v) is 8.22. The lowest BCUT2D eigenvalue weighted by Gasteiger charge is -2.36. The molecule has 0 radical (unpaired) electrons. The number of rotatable bonds is 7. The van der Waals surface area contributed by atoms with Gasteiger partial charge in [-0.05, 0) is 48.3 Å². The van der Waals surface area contributed by atoms with Gasteiger partial charge in [-0.3, -0.25) is 9.89 Å². The minimum Gasteiger partial charge on any atom is -0.461 e. The maximum Gasteiger partial charge on any atom is 0.235 e. The van der Waals surface area contributed by atoms with E-state index in [1.165, 1.54) is 16.6 Å². The fraction of sp³-hybridized carbons (Fsp3) is 0.455. The Morgan fingerprint density at radius 3 is 3.06 bits per heavy atom. The molecule has 2 N–H and O–H groups in total. The average Bonchev–Trinajstić information content (AvgIpc) is 3.50. The Labute approximate surface area is 189 Å². The van der Waals surface area contributed by atoms with E-state index in [1.54, 1.807) is 29.7 Å². The van der Waals surface area contributed by atoms with E-state index in [1.807, 2.05) is 0 Å². The number of anilines is 1. The highest BCUT2D eigenvalue weighted by Gasteiger charge is 2.34. The van der Waals surface area contributed by atoms with Gasteiger partial charge in [0.2, 0.25) is 11.1 Å². The van der Waals surface area contributed by atoms with E-state index in [4.69, 9.17) is 4.42 Å². The van der Waals surface area contributed by atoms with E-state index in [0.717, 1.165) is 31.2 Å². The van der Waals surface area contributed by atoms with Gasteiger partial charge in [0.05, 0.1) is 17.6 Å². The van der Waals surface area contributed by atoms with Crippen molar-refractivity contribution >= 4 is 34.0 Å². The summed E-state index contributed by atoms with van der Waals surface area (Å²) in [6.45, 7) is 6.88. The van der Waals surface area contributed by atoms with Crippen LogP contribution in [-0.4, -0.2) is 26.8 Å². The molecule has 1 atom stereocenters. The van der Waals surface area contributed by atoms with Gasteiger partial charge in [-0.15, -0.1) is 16.4 Å². The largest absolute Gasteiger partial charge is 0.461 e. The summed E-state index contributed by atoms with van der Waals surface area (Å²) in [5, 5.41) is 20.7. The number of H-pyrrole nitrogens is 1. The summed E-state index contributed by atoms with van der Waals surface area (Å²) in [5.41, 5.74) is 2.03. The molecule has 1 aliphatic carbocycles. The first-order chi connectivity index (χ1) is 14.9. The maximum absolute atomic E-state index is 12.6. The van der Waals surface area contributed by atoms with Crippen molar-refractivity contribution in [3.05, 3.63) is 34.4 Å².